The van der Waals surface area contributed by atoms with Crippen molar-refractivity contribution >= 4 is 0 Å². The highest BCUT2D eigenvalue weighted by molar-refractivity contribution is 5.24. The zero-order valence-corrected chi connectivity index (χ0v) is 8.90. The first-order valence-corrected chi connectivity index (χ1v) is 5.02. The van der Waals surface area contributed by atoms with Crippen molar-refractivity contribution in [2.45, 2.75) is 20.3 Å². The lowest BCUT2D eigenvalue weighted by atomic mass is 9.93. The third kappa shape index (κ3) is 3.35. The van der Waals surface area contributed by atoms with Crippen molar-refractivity contribution in [2.24, 2.45) is 5.92 Å². The van der Waals surface area contributed by atoms with Crippen LogP contribution >= 0.6 is 0 Å². The molecule has 0 radical (unpaired) electrons. The molecule has 0 aromatic carbocycles. The van der Waals surface area contributed by atoms with Gasteiger partial charge in [-0.3, -0.25) is 0 Å². The van der Waals surface area contributed by atoms with Gasteiger partial charge in [0.15, 0.2) is 0 Å². The quantitative estimate of drug-likeness (QED) is 0.678. The number of aliphatic hydroxyl groups excluding tert-OH is 1. The monoisotopic (exact) mass is 190 g/mol. The first kappa shape index (κ1) is 11.0. The maximum absolute atomic E-state index is 8.84. The van der Waals surface area contributed by atoms with Crippen LogP contribution in [0, 0.1) is 5.92 Å². The Balaban J connectivity index is 2.60. The molecule has 1 rings (SSSR count). The molecule has 1 aliphatic carbocycles. The van der Waals surface area contributed by atoms with Gasteiger partial charge >= 0.3 is 0 Å². The molecule has 0 aromatic heterocycles. The second-order valence-corrected chi connectivity index (χ2v) is 3.74. The lowest BCUT2D eigenvalue weighted by molar-refractivity contribution is 0.331. The Bertz CT molecular complexity index is 292. The largest absolute Gasteiger partial charge is 0.392 e. The lowest BCUT2D eigenvalue weighted by Gasteiger charge is -2.12. The van der Waals surface area contributed by atoms with Gasteiger partial charge in [0.1, 0.15) is 0 Å². The van der Waals surface area contributed by atoms with Crippen LogP contribution in [0.15, 0.2) is 47.6 Å². The molecule has 0 heterocycles. The number of allylic oxidation sites excluding steroid dienone is 7. The SMILES string of the molecule is C/C(=C\C=C(/C)C1C=CC=CC1)CO. The Kier molecular flexibility index (Phi) is 4.41. The van der Waals surface area contributed by atoms with Crippen LogP contribution in [0.25, 0.3) is 0 Å². The van der Waals surface area contributed by atoms with Crippen molar-refractivity contribution in [2.75, 3.05) is 6.61 Å². The van der Waals surface area contributed by atoms with Crippen LogP contribution in [-0.2, 0) is 0 Å². The van der Waals surface area contributed by atoms with Gasteiger partial charge in [0.25, 0.3) is 0 Å². The zero-order chi connectivity index (χ0) is 10.4. The van der Waals surface area contributed by atoms with E-state index in [2.05, 4.69) is 37.3 Å². The van der Waals surface area contributed by atoms with Crippen molar-refractivity contribution in [3.8, 4) is 0 Å². The Morgan fingerprint density at radius 2 is 2.14 bits per heavy atom. The summed E-state index contributed by atoms with van der Waals surface area (Å²) in [6.45, 7) is 4.21. The van der Waals surface area contributed by atoms with Gasteiger partial charge in [0.05, 0.1) is 6.61 Å². The number of aliphatic hydroxyl groups is 1. The molecule has 0 spiro atoms. The fraction of sp³-hybridized carbons (Fsp3) is 0.385. The fourth-order valence-corrected chi connectivity index (χ4v) is 1.37. The summed E-state index contributed by atoms with van der Waals surface area (Å²) in [6.07, 6.45) is 13.7. The molecule has 1 heteroatoms. The maximum atomic E-state index is 8.84. The third-order valence-electron chi connectivity index (χ3n) is 2.45. The fourth-order valence-electron chi connectivity index (χ4n) is 1.37. The molecular weight excluding hydrogens is 172 g/mol. The van der Waals surface area contributed by atoms with Crippen molar-refractivity contribution in [3.63, 3.8) is 0 Å². The summed E-state index contributed by atoms with van der Waals surface area (Å²) >= 11 is 0. The topological polar surface area (TPSA) is 20.2 Å². The van der Waals surface area contributed by atoms with Gasteiger partial charge in [0, 0.05) is 5.92 Å². The second kappa shape index (κ2) is 5.61. The number of hydrogen-bond acceptors (Lipinski definition) is 1. The molecular formula is C13H18O. The summed E-state index contributed by atoms with van der Waals surface area (Å²) in [5.41, 5.74) is 2.35. The van der Waals surface area contributed by atoms with E-state index in [1.807, 2.05) is 13.0 Å². The minimum absolute atomic E-state index is 0.143. The van der Waals surface area contributed by atoms with E-state index >= 15 is 0 Å². The van der Waals surface area contributed by atoms with E-state index in [4.69, 9.17) is 5.11 Å². The second-order valence-electron chi connectivity index (χ2n) is 3.74. The molecule has 76 valence electrons. The standard InChI is InChI=1S/C13H18O/c1-11(10-14)8-9-12(2)13-6-4-3-5-7-13/h3-6,8-9,13-14H,7,10H2,1-2H3/b11-8+,12-9+. The van der Waals surface area contributed by atoms with Gasteiger partial charge in [-0.1, -0.05) is 42.0 Å². The van der Waals surface area contributed by atoms with Gasteiger partial charge in [-0.15, -0.1) is 0 Å². The average Bonchev–Trinajstić information content (AvgIpc) is 2.26. The Hall–Kier alpha value is -1.08. The smallest absolute Gasteiger partial charge is 0.0642 e. The predicted octanol–water partition coefficient (Wildman–Crippen LogP) is 3.00. The van der Waals surface area contributed by atoms with Crippen LogP contribution in [0.4, 0.5) is 0 Å². The molecule has 14 heavy (non-hydrogen) atoms. The number of hydrogen-bond donors (Lipinski definition) is 1. The molecule has 1 atom stereocenters. The van der Waals surface area contributed by atoms with E-state index in [0.717, 1.165) is 12.0 Å². The molecule has 0 aliphatic heterocycles. The molecule has 0 bridgehead atoms. The highest BCUT2D eigenvalue weighted by atomic mass is 16.3. The van der Waals surface area contributed by atoms with Gasteiger partial charge in [-0.2, -0.15) is 0 Å². The van der Waals surface area contributed by atoms with Crippen molar-refractivity contribution < 1.29 is 5.11 Å². The summed E-state index contributed by atoms with van der Waals surface area (Å²) in [5, 5.41) is 8.84. The molecule has 1 N–H and O–H groups in total. The predicted molar refractivity (Wildman–Crippen MR) is 61.0 cm³/mol. The van der Waals surface area contributed by atoms with E-state index in [1.54, 1.807) is 0 Å². The third-order valence-corrected chi connectivity index (χ3v) is 2.45. The molecule has 0 amide bonds. The minimum Gasteiger partial charge on any atom is -0.392 e. The van der Waals surface area contributed by atoms with Crippen molar-refractivity contribution in [1.82, 2.24) is 0 Å². The Morgan fingerprint density at radius 1 is 1.36 bits per heavy atom. The van der Waals surface area contributed by atoms with E-state index < -0.39 is 0 Å². The van der Waals surface area contributed by atoms with Crippen LogP contribution in [-0.4, -0.2) is 11.7 Å². The minimum atomic E-state index is 0.143. The van der Waals surface area contributed by atoms with Gasteiger partial charge in [-0.05, 0) is 25.8 Å². The van der Waals surface area contributed by atoms with Crippen molar-refractivity contribution in [3.05, 3.63) is 47.6 Å². The maximum Gasteiger partial charge on any atom is 0.0642 e. The highest BCUT2D eigenvalue weighted by Crippen LogP contribution is 2.20. The van der Waals surface area contributed by atoms with Crippen LogP contribution < -0.4 is 0 Å². The van der Waals surface area contributed by atoms with Crippen LogP contribution in [0.3, 0.4) is 0 Å². The molecule has 0 aromatic rings. The molecule has 1 nitrogen and oxygen atoms in total. The van der Waals surface area contributed by atoms with E-state index in [-0.39, 0.29) is 6.61 Å². The summed E-state index contributed by atoms with van der Waals surface area (Å²) in [7, 11) is 0. The van der Waals surface area contributed by atoms with Crippen LogP contribution in [0.1, 0.15) is 20.3 Å². The summed E-state index contributed by atoms with van der Waals surface area (Å²) in [4.78, 5) is 0. The van der Waals surface area contributed by atoms with E-state index in [1.165, 1.54) is 5.57 Å². The van der Waals surface area contributed by atoms with Gasteiger partial charge < -0.3 is 5.11 Å². The van der Waals surface area contributed by atoms with Crippen molar-refractivity contribution in [1.29, 1.82) is 0 Å². The molecule has 1 unspecified atom stereocenters. The first-order chi connectivity index (χ1) is 6.74. The molecule has 0 saturated heterocycles. The van der Waals surface area contributed by atoms with Gasteiger partial charge in [-0.25, -0.2) is 0 Å². The first-order valence-electron chi connectivity index (χ1n) is 5.02. The van der Waals surface area contributed by atoms with E-state index in [9.17, 15) is 0 Å². The van der Waals surface area contributed by atoms with Crippen LogP contribution in [0.5, 0.6) is 0 Å². The zero-order valence-electron chi connectivity index (χ0n) is 8.90. The van der Waals surface area contributed by atoms with E-state index in [0.29, 0.717) is 5.92 Å². The normalized spacial score (nSPS) is 22.9. The Morgan fingerprint density at radius 3 is 2.71 bits per heavy atom. The summed E-state index contributed by atoms with van der Waals surface area (Å²) in [5.74, 6) is 0.530. The Labute approximate surface area is 86.1 Å². The number of rotatable bonds is 3. The molecule has 0 fully saturated rings. The van der Waals surface area contributed by atoms with Gasteiger partial charge in [0.2, 0.25) is 0 Å². The summed E-state index contributed by atoms with van der Waals surface area (Å²) in [6, 6.07) is 0. The molecule has 0 saturated carbocycles. The highest BCUT2D eigenvalue weighted by Gasteiger charge is 2.05. The average molecular weight is 190 g/mol. The van der Waals surface area contributed by atoms with Crippen LogP contribution in [0.2, 0.25) is 0 Å². The molecule has 1 aliphatic rings. The summed E-state index contributed by atoms with van der Waals surface area (Å²) < 4.78 is 0. The lowest BCUT2D eigenvalue weighted by Crippen LogP contribution is -1.98.